The minimum Gasteiger partial charge on any atom is -0.340 e. The molecule has 1 aromatic carbocycles. The van der Waals surface area contributed by atoms with Gasteiger partial charge in [-0.25, -0.2) is 4.39 Å². The van der Waals surface area contributed by atoms with Gasteiger partial charge in [-0.05, 0) is 37.6 Å². The Bertz CT molecular complexity index is 583. The van der Waals surface area contributed by atoms with Crippen molar-refractivity contribution < 1.29 is 14.0 Å². The van der Waals surface area contributed by atoms with E-state index in [1.54, 1.807) is 11.0 Å². The number of carbonyl (C=O) groups is 2. The van der Waals surface area contributed by atoms with Gasteiger partial charge in [0.2, 0.25) is 5.91 Å². The van der Waals surface area contributed by atoms with Crippen LogP contribution in [0, 0.1) is 11.7 Å². The van der Waals surface area contributed by atoms with E-state index < -0.39 is 17.8 Å². The number of piperazine rings is 1. The van der Waals surface area contributed by atoms with E-state index in [0.717, 1.165) is 13.1 Å². The Balaban J connectivity index is 2.07. The SMILES string of the molecule is CC(C)C[C@@H](NC(=O)c1cccc(F)c1)C(=O)N1CCN(C)CC1. The van der Waals surface area contributed by atoms with E-state index in [2.05, 4.69) is 10.2 Å². The van der Waals surface area contributed by atoms with E-state index in [1.165, 1.54) is 18.2 Å². The summed E-state index contributed by atoms with van der Waals surface area (Å²) in [5, 5.41) is 2.79. The molecule has 1 aliphatic heterocycles. The van der Waals surface area contributed by atoms with Gasteiger partial charge in [-0.2, -0.15) is 0 Å². The normalized spacial score (nSPS) is 17.0. The topological polar surface area (TPSA) is 52.7 Å². The molecule has 0 aliphatic carbocycles. The third-order valence-electron chi connectivity index (χ3n) is 4.21. The van der Waals surface area contributed by atoms with Gasteiger partial charge in [0, 0.05) is 31.7 Å². The van der Waals surface area contributed by atoms with Crippen LogP contribution in [0.15, 0.2) is 24.3 Å². The van der Waals surface area contributed by atoms with Gasteiger partial charge in [-0.3, -0.25) is 9.59 Å². The lowest BCUT2D eigenvalue weighted by atomic mass is 10.0. The standard InChI is InChI=1S/C18H26FN3O2/c1-13(2)11-16(18(24)22-9-7-21(3)8-10-22)20-17(23)14-5-4-6-15(19)12-14/h4-6,12-13,16H,7-11H2,1-3H3,(H,20,23)/t16-/m1/s1. The molecular formula is C18H26FN3O2. The Kier molecular flexibility index (Phi) is 6.31. The molecule has 1 N–H and O–H groups in total. The van der Waals surface area contributed by atoms with Crippen LogP contribution in [-0.4, -0.2) is 60.9 Å². The van der Waals surface area contributed by atoms with Gasteiger partial charge in [-0.1, -0.05) is 19.9 Å². The van der Waals surface area contributed by atoms with Crippen molar-refractivity contribution in [3.8, 4) is 0 Å². The summed E-state index contributed by atoms with van der Waals surface area (Å²) in [5.74, 6) is -0.670. The molecule has 2 amide bonds. The van der Waals surface area contributed by atoms with Gasteiger partial charge in [0.1, 0.15) is 11.9 Å². The number of carbonyl (C=O) groups excluding carboxylic acids is 2. The first-order chi connectivity index (χ1) is 11.4. The lowest BCUT2D eigenvalue weighted by Crippen LogP contribution is -2.54. The van der Waals surface area contributed by atoms with Crippen molar-refractivity contribution in [2.24, 2.45) is 5.92 Å². The van der Waals surface area contributed by atoms with Crippen LogP contribution in [0.2, 0.25) is 0 Å². The molecule has 24 heavy (non-hydrogen) atoms. The van der Waals surface area contributed by atoms with Gasteiger partial charge < -0.3 is 15.1 Å². The Morgan fingerprint density at radius 2 is 1.88 bits per heavy atom. The van der Waals surface area contributed by atoms with Crippen molar-refractivity contribution in [2.45, 2.75) is 26.3 Å². The number of halogens is 1. The highest BCUT2D eigenvalue weighted by Crippen LogP contribution is 2.12. The molecule has 6 heteroatoms. The first-order valence-corrected chi connectivity index (χ1v) is 8.40. The largest absolute Gasteiger partial charge is 0.340 e. The molecule has 2 rings (SSSR count). The van der Waals surface area contributed by atoms with Crippen molar-refractivity contribution in [3.63, 3.8) is 0 Å². The summed E-state index contributed by atoms with van der Waals surface area (Å²) in [7, 11) is 2.03. The third-order valence-corrected chi connectivity index (χ3v) is 4.21. The second-order valence-corrected chi connectivity index (χ2v) is 6.79. The number of amides is 2. The zero-order valence-electron chi connectivity index (χ0n) is 14.6. The summed E-state index contributed by atoms with van der Waals surface area (Å²) >= 11 is 0. The first-order valence-electron chi connectivity index (χ1n) is 8.40. The van der Waals surface area contributed by atoms with Crippen LogP contribution < -0.4 is 5.32 Å². The number of hydrogen-bond donors (Lipinski definition) is 1. The summed E-state index contributed by atoms with van der Waals surface area (Å²) in [6.07, 6.45) is 0.562. The van der Waals surface area contributed by atoms with Crippen LogP contribution >= 0.6 is 0 Å². The minimum atomic E-state index is -0.579. The molecule has 0 unspecified atom stereocenters. The Labute approximate surface area is 142 Å². The monoisotopic (exact) mass is 335 g/mol. The van der Waals surface area contributed by atoms with E-state index in [0.29, 0.717) is 19.5 Å². The molecule has 1 fully saturated rings. The summed E-state index contributed by atoms with van der Waals surface area (Å²) < 4.78 is 13.3. The van der Waals surface area contributed by atoms with Gasteiger partial charge >= 0.3 is 0 Å². The molecule has 1 atom stereocenters. The molecule has 0 spiro atoms. The fourth-order valence-corrected chi connectivity index (χ4v) is 2.81. The zero-order valence-corrected chi connectivity index (χ0v) is 14.6. The average molecular weight is 335 g/mol. The maximum atomic E-state index is 13.3. The molecule has 5 nitrogen and oxygen atoms in total. The fraction of sp³-hybridized carbons (Fsp3) is 0.556. The van der Waals surface area contributed by atoms with Crippen molar-refractivity contribution in [1.82, 2.24) is 15.1 Å². The van der Waals surface area contributed by atoms with E-state index in [4.69, 9.17) is 0 Å². The fourth-order valence-electron chi connectivity index (χ4n) is 2.81. The van der Waals surface area contributed by atoms with Crippen LogP contribution in [0.3, 0.4) is 0 Å². The second kappa shape index (κ2) is 8.24. The van der Waals surface area contributed by atoms with Gasteiger partial charge in [-0.15, -0.1) is 0 Å². The predicted molar refractivity (Wildman–Crippen MR) is 91.2 cm³/mol. The lowest BCUT2D eigenvalue weighted by molar-refractivity contribution is -0.135. The van der Waals surface area contributed by atoms with Crippen LogP contribution in [0.1, 0.15) is 30.6 Å². The molecule has 132 valence electrons. The highest BCUT2D eigenvalue weighted by Gasteiger charge is 2.28. The Morgan fingerprint density at radius 1 is 1.21 bits per heavy atom. The average Bonchev–Trinajstić information content (AvgIpc) is 2.54. The van der Waals surface area contributed by atoms with Crippen molar-refractivity contribution >= 4 is 11.8 Å². The number of rotatable bonds is 5. The summed E-state index contributed by atoms with van der Waals surface area (Å²) in [6, 6.07) is 4.93. The zero-order chi connectivity index (χ0) is 17.7. The number of nitrogens with zero attached hydrogens (tertiary/aromatic N) is 2. The summed E-state index contributed by atoms with van der Waals surface area (Å²) in [6.45, 7) is 7.02. The van der Waals surface area contributed by atoms with E-state index in [1.807, 2.05) is 20.9 Å². The number of benzene rings is 1. The molecule has 1 aromatic rings. The third kappa shape index (κ3) is 5.03. The highest BCUT2D eigenvalue weighted by atomic mass is 19.1. The van der Waals surface area contributed by atoms with Crippen molar-refractivity contribution in [2.75, 3.05) is 33.2 Å². The first kappa shape index (κ1) is 18.4. The molecule has 0 bridgehead atoms. The molecule has 1 saturated heterocycles. The Morgan fingerprint density at radius 3 is 2.46 bits per heavy atom. The predicted octanol–water partition coefficient (Wildman–Crippen LogP) is 1.74. The van der Waals surface area contributed by atoms with E-state index in [-0.39, 0.29) is 17.4 Å². The van der Waals surface area contributed by atoms with Crippen molar-refractivity contribution in [3.05, 3.63) is 35.6 Å². The molecule has 1 aliphatic rings. The van der Waals surface area contributed by atoms with Crippen molar-refractivity contribution in [1.29, 1.82) is 0 Å². The molecular weight excluding hydrogens is 309 g/mol. The number of likely N-dealkylation sites (N-methyl/N-ethyl adjacent to an activating group) is 1. The van der Waals surface area contributed by atoms with Crippen LogP contribution in [0.25, 0.3) is 0 Å². The van der Waals surface area contributed by atoms with Crippen LogP contribution in [0.4, 0.5) is 4.39 Å². The lowest BCUT2D eigenvalue weighted by Gasteiger charge is -2.35. The maximum absolute atomic E-state index is 13.3. The smallest absolute Gasteiger partial charge is 0.252 e. The summed E-state index contributed by atoms with van der Waals surface area (Å²) in [5.41, 5.74) is 0.231. The number of nitrogens with one attached hydrogen (secondary N) is 1. The van der Waals surface area contributed by atoms with E-state index in [9.17, 15) is 14.0 Å². The van der Waals surface area contributed by atoms with Gasteiger partial charge in [0.15, 0.2) is 0 Å². The number of hydrogen-bond acceptors (Lipinski definition) is 3. The molecule has 0 radical (unpaired) electrons. The Hall–Kier alpha value is -1.95. The summed E-state index contributed by atoms with van der Waals surface area (Å²) in [4.78, 5) is 29.1. The molecule has 0 aromatic heterocycles. The molecule has 0 saturated carbocycles. The molecule has 1 heterocycles. The van der Waals surface area contributed by atoms with Crippen LogP contribution in [-0.2, 0) is 4.79 Å². The maximum Gasteiger partial charge on any atom is 0.252 e. The minimum absolute atomic E-state index is 0.0541. The van der Waals surface area contributed by atoms with Gasteiger partial charge in [0.05, 0.1) is 0 Å². The highest BCUT2D eigenvalue weighted by molar-refractivity contribution is 5.97. The second-order valence-electron chi connectivity index (χ2n) is 6.79. The van der Waals surface area contributed by atoms with Gasteiger partial charge in [0.25, 0.3) is 5.91 Å². The quantitative estimate of drug-likeness (QED) is 0.892. The van der Waals surface area contributed by atoms with Crippen LogP contribution in [0.5, 0.6) is 0 Å². The van der Waals surface area contributed by atoms with E-state index >= 15 is 0 Å².